The lowest BCUT2D eigenvalue weighted by atomic mass is 10.2. The summed E-state index contributed by atoms with van der Waals surface area (Å²) >= 11 is 0. The van der Waals surface area contributed by atoms with E-state index in [0.717, 1.165) is 22.5 Å². The van der Waals surface area contributed by atoms with Gasteiger partial charge in [-0.15, -0.1) is 0 Å². The van der Waals surface area contributed by atoms with Crippen LogP contribution in [0.4, 0.5) is 4.39 Å². The van der Waals surface area contributed by atoms with Gasteiger partial charge in [-0.1, -0.05) is 0 Å². The van der Waals surface area contributed by atoms with Gasteiger partial charge in [0.05, 0.1) is 10.5 Å². The van der Waals surface area contributed by atoms with Crippen molar-refractivity contribution in [1.82, 2.24) is 4.31 Å². The van der Waals surface area contributed by atoms with Crippen LogP contribution in [0.15, 0.2) is 23.1 Å². The smallest absolute Gasteiger partial charge is 0.322 e. The average molecular weight is 298 g/mol. The van der Waals surface area contributed by atoms with Crippen molar-refractivity contribution in [2.75, 3.05) is 6.54 Å². The van der Waals surface area contributed by atoms with Gasteiger partial charge in [-0.25, -0.2) is 12.8 Å². The number of benzene rings is 1. The summed E-state index contributed by atoms with van der Waals surface area (Å²) in [4.78, 5) is 10.8. The van der Waals surface area contributed by atoms with Crippen LogP contribution in [0.5, 0.6) is 0 Å². The van der Waals surface area contributed by atoms with Crippen molar-refractivity contribution < 1.29 is 22.7 Å². The van der Waals surface area contributed by atoms with Crippen LogP contribution in [0.25, 0.3) is 0 Å². The standard InChI is InChI=1S/C12H11FN2O4S/c13-10-4-3-9(6-8(10)7-14)20(18,19)15-5-1-2-11(15)12(16)17/h3-4,6,11H,1-2,5H2,(H,16,17)/t11-/m1/s1. The summed E-state index contributed by atoms with van der Waals surface area (Å²) in [7, 11) is -4.05. The van der Waals surface area contributed by atoms with Crippen molar-refractivity contribution in [2.45, 2.75) is 23.8 Å². The summed E-state index contributed by atoms with van der Waals surface area (Å²) < 4.78 is 38.8. The molecular formula is C12H11FN2O4S. The zero-order valence-corrected chi connectivity index (χ0v) is 11.1. The highest BCUT2D eigenvalue weighted by Crippen LogP contribution is 2.27. The Morgan fingerprint density at radius 3 is 2.80 bits per heavy atom. The fourth-order valence-corrected chi connectivity index (χ4v) is 3.84. The molecule has 0 aromatic heterocycles. The van der Waals surface area contributed by atoms with Gasteiger partial charge in [0.2, 0.25) is 10.0 Å². The number of carboxylic acids is 1. The summed E-state index contributed by atoms with van der Waals surface area (Å²) in [5, 5.41) is 17.7. The Morgan fingerprint density at radius 2 is 2.20 bits per heavy atom. The van der Waals surface area contributed by atoms with Gasteiger partial charge in [0.25, 0.3) is 0 Å². The normalized spacial score (nSPS) is 19.7. The first-order valence-electron chi connectivity index (χ1n) is 5.82. The number of hydrogen-bond acceptors (Lipinski definition) is 4. The van der Waals surface area contributed by atoms with E-state index in [0.29, 0.717) is 6.42 Å². The second-order valence-electron chi connectivity index (χ2n) is 4.37. The van der Waals surface area contributed by atoms with Gasteiger partial charge in [-0.2, -0.15) is 9.57 Å². The minimum Gasteiger partial charge on any atom is -0.480 e. The number of nitrogens with zero attached hydrogens (tertiary/aromatic N) is 2. The fourth-order valence-electron chi connectivity index (χ4n) is 2.16. The van der Waals surface area contributed by atoms with E-state index < -0.39 is 33.4 Å². The molecule has 1 fully saturated rings. The number of nitriles is 1. The topological polar surface area (TPSA) is 98.5 Å². The molecule has 0 saturated carbocycles. The quantitative estimate of drug-likeness (QED) is 0.895. The summed E-state index contributed by atoms with van der Waals surface area (Å²) in [5.74, 6) is -2.03. The van der Waals surface area contributed by atoms with Crippen LogP contribution < -0.4 is 0 Å². The van der Waals surface area contributed by atoms with Crippen LogP contribution in [0.1, 0.15) is 18.4 Å². The number of hydrogen-bond donors (Lipinski definition) is 1. The van der Waals surface area contributed by atoms with Crippen molar-refractivity contribution in [3.05, 3.63) is 29.6 Å². The number of sulfonamides is 1. The number of rotatable bonds is 3. The van der Waals surface area contributed by atoms with Gasteiger partial charge in [0, 0.05) is 6.54 Å². The molecule has 0 radical (unpaired) electrons. The number of halogens is 1. The number of aliphatic carboxylic acids is 1. The van der Waals surface area contributed by atoms with Crippen molar-refractivity contribution >= 4 is 16.0 Å². The van der Waals surface area contributed by atoms with E-state index in [9.17, 15) is 17.6 Å². The predicted molar refractivity (Wildman–Crippen MR) is 65.7 cm³/mol. The lowest BCUT2D eigenvalue weighted by Gasteiger charge is -2.21. The van der Waals surface area contributed by atoms with Crippen LogP contribution >= 0.6 is 0 Å². The molecule has 6 nitrogen and oxygen atoms in total. The molecule has 0 amide bonds. The zero-order valence-electron chi connectivity index (χ0n) is 10.3. The zero-order chi connectivity index (χ0) is 14.9. The molecule has 1 atom stereocenters. The van der Waals surface area contributed by atoms with E-state index in [1.165, 1.54) is 0 Å². The predicted octanol–water partition coefficient (Wildman–Crippen LogP) is 0.935. The lowest BCUT2D eigenvalue weighted by molar-refractivity contribution is -0.140. The Bertz CT molecular complexity index is 696. The second kappa shape index (κ2) is 5.19. The lowest BCUT2D eigenvalue weighted by Crippen LogP contribution is -2.40. The molecule has 1 saturated heterocycles. The summed E-state index contributed by atoms with van der Waals surface area (Å²) in [6, 6.07) is 3.28. The molecule has 2 rings (SSSR count). The third-order valence-corrected chi connectivity index (χ3v) is 5.06. The minimum atomic E-state index is -4.05. The molecule has 106 valence electrons. The molecule has 0 spiro atoms. The van der Waals surface area contributed by atoms with Crippen LogP contribution in [-0.4, -0.2) is 36.4 Å². The average Bonchev–Trinajstić information content (AvgIpc) is 2.89. The van der Waals surface area contributed by atoms with Gasteiger partial charge >= 0.3 is 5.97 Å². The highest BCUT2D eigenvalue weighted by Gasteiger charge is 2.39. The highest BCUT2D eigenvalue weighted by molar-refractivity contribution is 7.89. The molecule has 8 heteroatoms. The second-order valence-corrected chi connectivity index (χ2v) is 6.26. The molecule has 0 bridgehead atoms. The first kappa shape index (κ1) is 14.4. The van der Waals surface area contributed by atoms with Crippen molar-refractivity contribution in [3.8, 4) is 6.07 Å². The number of carbonyl (C=O) groups is 1. The highest BCUT2D eigenvalue weighted by atomic mass is 32.2. The Kier molecular flexibility index (Phi) is 3.74. The summed E-state index contributed by atoms with van der Waals surface area (Å²) in [6.45, 7) is 0.0958. The molecule has 1 aromatic rings. The van der Waals surface area contributed by atoms with E-state index >= 15 is 0 Å². The third-order valence-electron chi connectivity index (χ3n) is 3.15. The maximum absolute atomic E-state index is 13.2. The molecule has 1 aliphatic heterocycles. The Hall–Kier alpha value is -1.98. The largest absolute Gasteiger partial charge is 0.480 e. The molecule has 1 aromatic carbocycles. The molecule has 1 aliphatic rings. The molecule has 0 unspecified atom stereocenters. The first-order chi connectivity index (χ1) is 9.37. The van der Waals surface area contributed by atoms with Crippen molar-refractivity contribution in [1.29, 1.82) is 5.26 Å². The van der Waals surface area contributed by atoms with Gasteiger partial charge in [-0.05, 0) is 31.0 Å². The Balaban J connectivity index is 2.46. The van der Waals surface area contributed by atoms with Crippen LogP contribution in [-0.2, 0) is 14.8 Å². The van der Waals surface area contributed by atoms with Crippen LogP contribution in [0.3, 0.4) is 0 Å². The Labute approximate surface area is 115 Å². The number of carboxylic acid groups (broad SMARTS) is 1. The summed E-state index contributed by atoms with van der Waals surface area (Å²) in [5.41, 5.74) is -0.392. The van der Waals surface area contributed by atoms with E-state index in [-0.39, 0.29) is 17.9 Å². The van der Waals surface area contributed by atoms with Gasteiger partial charge in [0.1, 0.15) is 17.9 Å². The van der Waals surface area contributed by atoms with Crippen molar-refractivity contribution in [3.63, 3.8) is 0 Å². The fraction of sp³-hybridized carbons (Fsp3) is 0.333. The SMILES string of the molecule is N#Cc1cc(S(=O)(=O)N2CCC[C@@H]2C(=O)O)ccc1F. The first-order valence-corrected chi connectivity index (χ1v) is 7.26. The van der Waals surface area contributed by atoms with Crippen molar-refractivity contribution in [2.24, 2.45) is 0 Å². The Morgan fingerprint density at radius 1 is 1.50 bits per heavy atom. The molecule has 1 N–H and O–H groups in total. The minimum absolute atomic E-state index is 0.0958. The van der Waals surface area contributed by atoms with Gasteiger partial charge in [0.15, 0.2) is 0 Å². The monoisotopic (exact) mass is 298 g/mol. The molecule has 1 heterocycles. The van der Waals surface area contributed by atoms with Gasteiger partial charge in [-0.3, -0.25) is 4.79 Å². The third kappa shape index (κ3) is 2.37. The molecule has 0 aliphatic carbocycles. The molecular weight excluding hydrogens is 287 g/mol. The van der Waals surface area contributed by atoms with Crippen LogP contribution in [0, 0.1) is 17.1 Å². The summed E-state index contributed by atoms with van der Waals surface area (Å²) in [6.07, 6.45) is 0.684. The van der Waals surface area contributed by atoms with E-state index in [4.69, 9.17) is 10.4 Å². The molecule has 20 heavy (non-hydrogen) atoms. The van der Waals surface area contributed by atoms with Crippen LogP contribution in [0.2, 0.25) is 0 Å². The maximum Gasteiger partial charge on any atom is 0.322 e. The maximum atomic E-state index is 13.2. The van der Waals surface area contributed by atoms with E-state index in [1.54, 1.807) is 6.07 Å². The van der Waals surface area contributed by atoms with E-state index in [1.807, 2.05) is 0 Å². The van der Waals surface area contributed by atoms with Gasteiger partial charge < -0.3 is 5.11 Å². The van der Waals surface area contributed by atoms with E-state index in [2.05, 4.69) is 0 Å².